The van der Waals surface area contributed by atoms with Crippen molar-refractivity contribution in [1.29, 1.82) is 0 Å². The highest BCUT2D eigenvalue weighted by Gasteiger charge is 2.69. The van der Waals surface area contributed by atoms with Gasteiger partial charge >= 0.3 is 5.69 Å². The van der Waals surface area contributed by atoms with E-state index >= 15 is 0 Å². The molecule has 2 saturated carbocycles. The van der Waals surface area contributed by atoms with Gasteiger partial charge in [-0.2, -0.15) is 0 Å². The van der Waals surface area contributed by atoms with E-state index in [0.717, 1.165) is 6.07 Å². The number of rotatable bonds is 4. The van der Waals surface area contributed by atoms with E-state index in [1.54, 1.807) is 14.1 Å². The van der Waals surface area contributed by atoms with Crippen molar-refractivity contribution in [3.05, 3.63) is 27.3 Å². The molecule has 4 N–H and O–H groups in total. The second kappa shape index (κ2) is 8.17. The van der Waals surface area contributed by atoms with Crippen molar-refractivity contribution in [1.82, 2.24) is 4.90 Å². The van der Waals surface area contributed by atoms with Crippen LogP contribution in [0.25, 0.3) is 0 Å². The zero-order valence-electron chi connectivity index (χ0n) is 20.0. The van der Waals surface area contributed by atoms with Crippen LogP contribution in [0.5, 0.6) is 5.75 Å². The molecule has 1 amide bonds. The summed E-state index contributed by atoms with van der Waals surface area (Å²) in [5.74, 6) is -12.3. The molecule has 0 radical (unpaired) electrons. The van der Waals surface area contributed by atoms with Gasteiger partial charge < -0.3 is 20.8 Å². The molecule has 0 heterocycles. The van der Waals surface area contributed by atoms with Gasteiger partial charge in [-0.3, -0.25) is 39.0 Å². The molecule has 6 atom stereocenters. The molecule has 1 aromatic rings. The number of hydrogen-bond acceptors (Lipinski definition) is 11. The highest BCUT2D eigenvalue weighted by molar-refractivity contribution is 6.32. The normalized spacial score (nSPS) is 31.6. The average Bonchev–Trinajstić information content (AvgIpc) is 2.75. The van der Waals surface area contributed by atoms with Gasteiger partial charge in [-0.15, -0.1) is 0 Å². The fraction of sp³-hybridized carbons (Fsp3) is 0.522. The van der Waals surface area contributed by atoms with Crippen LogP contribution < -0.4 is 10.6 Å². The number of fused-ring (bicyclic) bond motifs is 3. The molecule has 13 nitrogen and oxygen atoms in total. The number of phenols is 1. The molecule has 13 heteroatoms. The van der Waals surface area contributed by atoms with Gasteiger partial charge in [0.2, 0.25) is 11.7 Å². The van der Waals surface area contributed by atoms with E-state index in [-0.39, 0.29) is 18.4 Å². The van der Waals surface area contributed by atoms with Crippen LogP contribution in [-0.4, -0.2) is 88.9 Å². The molecule has 0 spiro atoms. The fourth-order valence-electron chi connectivity index (χ4n) is 6.18. The molecule has 0 aromatic heterocycles. The van der Waals surface area contributed by atoms with Crippen molar-refractivity contribution in [3.8, 4) is 5.75 Å². The Morgan fingerprint density at radius 3 is 2.28 bits per heavy atom. The maximum atomic E-state index is 13.7. The average molecular weight is 502 g/mol. The number of nitrogens with zero attached hydrogens (tertiary/aromatic N) is 3. The topological polar surface area (TPSA) is 201 Å². The minimum atomic E-state index is -2.85. The third-order valence-corrected chi connectivity index (χ3v) is 7.70. The number of Topliss-reactive ketones (excluding diaryl/α,β-unsaturated/α-hetero) is 4. The monoisotopic (exact) mass is 502 g/mol. The molecule has 4 rings (SSSR count). The lowest BCUT2D eigenvalue weighted by atomic mass is 9.52. The molecule has 3 aliphatic carbocycles. The second-order valence-corrected chi connectivity index (χ2v) is 10.1. The Hall–Kier alpha value is -3.71. The van der Waals surface area contributed by atoms with Crippen LogP contribution in [0.1, 0.15) is 22.3 Å². The number of ketones is 4. The van der Waals surface area contributed by atoms with Crippen LogP contribution in [0.15, 0.2) is 6.07 Å². The van der Waals surface area contributed by atoms with Crippen molar-refractivity contribution < 1.29 is 39.1 Å². The molecule has 36 heavy (non-hydrogen) atoms. The van der Waals surface area contributed by atoms with Crippen LogP contribution in [0, 0.1) is 33.8 Å². The number of likely N-dealkylation sites (N-methyl/N-ethyl adjacent to an activating group) is 1. The predicted octanol–water partition coefficient (Wildman–Crippen LogP) is -1.16. The number of benzene rings is 1. The van der Waals surface area contributed by atoms with E-state index in [2.05, 4.69) is 0 Å². The number of carbonyl (C=O) groups is 5. The molecule has 3 unspecified atom stereocenters. The third-order valence-electron chi connectivity index (χ3n) is 7.70. The van der Waals surface area contributed by atoms with Gasteiger partial charge in [-0.1, -0.05) is 0 Å². The molecule has 1 aromatic carbocycles. The number of nitro groups is 1. The SMILES string of the molecule is CN(C)c1cc([N+](=O)[O-])c(O)c2c1CC1C[C@H]3[C@H](N(C)C)C(=O)C(C(N)=O)C(=O)[C@@]3(O)C(=O)C1C2=O. The molecular formula is C23H26N4O9. The summed E-state index contributed by atoms with van der Waals surface area (Å²) in [4.78, 5) is 79.3. The number of phenolic OH excluding ortho intramolecular Hbond substituents is 1. The Morgan fingerprint density at radius 2 is 1.78 bits per heavy atom. The van der Waals surface area contributed by atoms with E-state index in [9.17, 15) is 44.3 Å². The summed E-state index contributed by atoms with van der Waals surface area (Å²) < 4.78 is 0. The summed E-state index contributed by atoms with van der Waals surface area (Å²) >= 11 is 0. The number of primary amides is 1. The first kappa shape index (κ1) is 25.4. The zero-order chi connectivity index (χ0) is 27.0. The quantitative estimate of drug-likeness (QED) is 0.255. The minimum absolute atomic E-state index is 0.0188. The Balaban J connectivity index is 1.93. The molecule has 3 aliphatic rings. The summed E-state index contributed by atoms with van der Waals surface area (Å²) in [5.41, 5.74) is 1.86. The first-order valence-corrected chi connectivity index (χ1v) is 11.2. The number of nitrogens with two attached hydrogens (primary N) is 1. The number of carbonyl (C=O) groups excluding carboxylic acids is 5. The van der Waals surface area contributed by atoms with Gasteiger partial charge in [-0.05, 0) is 38.4 Å². The summed E-state index contributed by atoms with van der Waals surface area (Å²) in [6.45, 7) is 0. The first-order valence-electron chi connectivity index (χ1n) is 11.2. The maximum Gasteiger partial charge on any atom is 0.313 e. The van der Waals surface area contributed by atoms with Gasteiger partial charge in [0, 0.05) is 31.8 Å². The maximum absolute atomic E-state index is 13.7. The molecule has 0 bridgehead atoms. The lowest BCUT2D eigenvalue weighted by Gasteiger charge is -2.52. The Bertz CT molecular complexity index is 1260. The number of amides is 1. The zero-order valence-corrected chi connectivity index (χ0v) is 20.0. The lowest BCUT2D eigenvalue weighted by molar-refractivity contribution is -0.385. The Morgan fingerprint density at radius 1 is 1.17 bits per heavy atom. The highest BCUT2D eigenvalue weighted by Crippen LogP contribution is 2.52. The molecule has 192 valence electrons. The van der Waals surface area contributed by atoms with Crippen molar-refractivity contribution in [2.75, 3.05) is 33.1 Å². The molecular weight excluding hydrogens is 476 g/mol. The van der Waals surface area contributed by atoms with E-state index in [1.807, 2.05) is 0 Å². The van der Waals surface area contributed by atoms with E-state index in [1.165, 1.54) is 23.9 Å². The van der Waals surface area contributed by atoms with E-state index in [0.29, 0.717) is 5.69 Å². The fourth-order valence-corrected chi connectivity index (χ4v) is 6.18. The van der Waals surface area contributed by atoms with Gasteiger partial charge in [0.1, 0.15) is 0 Å². The van der Waals surface area contributed by atoms with Crippen molar-refractivity contribution in [3.63, 3.8) is 0 Å². The van der Waals surface area contributed by atoms with Crippen LogP contribution in [0.4, 0.5) is 11.4 Å². The van der Waals surface area contributed by atoms with Gasteiger partial charge in [0.25, 0.3) is 0 Å². The Kier molecular flexibility index (Phi) is 5.76. The largest absolute Gasteiger partial charge is 0.502 e. The van der Waals surface area contributed by atoms with Gasteiger partial charge in [0.05, 0.1) is 22.4 Å². The number of aromatic hydroxyl groups is 1. The van der Waals surface area contributed by atoms with Gasteiger partial charge in [-0.25, -0.2) is 0 Å². The smallest absolute Gasteiger partial charge is 0.313 e. The molecule has 0 aliphatic heterocycles. The molecule has 0 saturated heterocycles. The number of aliphatic hydroxyl groups is 1. The predicted molar refractivity (Wildman–Crippen MR) is 122 cm³/mol. The van der Waals surface area contributed by atoms with Crippen LogP contribution >= 0.6 is 0 Å². The van der Waals surface area contributed by atoms with E-state index < -0.39 is 86.3 Å². The number of hydrogen-bond donors (Lipinski definition) is 3. The van der Waals surface area contributed by atoms with Crippen molar-refractivity contribution in [2.24, 2.45) is 29.4 Å². The van der Waals surface area contributed by atoms with Crippen molar-refractivity contribution >= 4 is 40.4 Å². The summed E-state index contributed by atoms with van der Waals surface area (Å²) in [6.07, 6.45) is -0.0839. The summed E-state index contributed by atoms with van der Waals surface area (Å²) in [5, 5.41) is 33.7. The van der Waals surface area contributed by atoms with Crippen molar-refractivity contribution in [2.45, 2.75) is 24.5 Å². The lowest BCUT2D eigenvalue weighted by Crippen LogP contribution is -2.74. The third kappa shape index (κ3) is 3.19. The first-order chi connectivity index (χ1) is 16.7. The summed E-state index contributed by atoms with van der Waals surface area (Å²) in [7, 11) is 6.19. The van der Waals surface area contributed by atoms with Crippen LogP contribution in [-0.2, 0) is 25.6 Å². The highest BCUT2D eigenvalue weighted by atomic mass is 16.6. The summed E-state index contributed by atoms with van der Waals surface area (Å²) in [6, 6.07) is -0.0681. The standard InChI is InChI=1S/C23H26N4O9/c1-25(2)11-7-12(27(35)36)17(28)14-9(11)5-8-6-10-16(26(3)4)19(30)15(22(24)33)21(32)23(10,34)20(31)13(8)18(14)29/h7-8,10,13,15-16,28,34H,5-6H2,1-4H3,(H2,24,33)/t8?,10-,13?,15?,16-,23-/m0/s1. The van der Waals surface area contributed by atoms with Crippen LogP contribution in [0.2, 0.25) is 0 Å². The van der Waals surface area contributed by atoms with E-state index in [4.69, 9.17) is 5.73 Å². The second-order valence-electron chi connectivity index (χ2n) is 10.1. The Labute approximate surface area is 205 Å². The number of nitro benzene ring substituents is 1. The van der Waals surface area contributed by atoms with Gasteiger partial charge in [0.15, 0.2) is 34.7 Å². The molecule has 2 fully saturated rings. The number of anilines is 1. The van der Waals surface area contributed by atoms with Crippen LogP contribution in [0.3, 0.4) is 0 Å². The minimum Gasteiger partial charge on any atom is -0.502 e.